The molecule has 1 saturated heterocycles. The van der Waals surface area contributed by atoms with Crippen molar-refractivity contribution in [3.05, 3.63) is 18.2 Å². The van der Waals surface area contributed by atoms with E-state index in [9.17, 15) is 0 Å². The first-order valence-electron chi connectivity index (χ1n) is 9.08. The molecule has 3 nitrogen and oxygen atoms in total. The molecule has 0 amide bonds. The Morgan fingerprint density at radius 3 is 2.38 bits per heavy atom. The SMILES string of the molecule is c1ncn(C23CC4CC(CC(C4)C2)C3)c1C1CCCCN1. The largest absolute Gasteiger partial charge is 0.327 e. The Kier molecular flexibility index (Phi) is 2.77. The van der Waals surface area contributed by atoms with Crippen LogP contribution in [-0.4, -0.2) is 16.1 Å². The molecule has 1 aromatic rings. The van der Waals surface area contributed by atoms with Gasteiger partial charge in [0.05, 0.1) is 12.0 Å². The molecule has 1 aromatic heterocycles. The lowest BCUT2D eigenvalue weighted by Gasteiger charge is -2.57. The van der Waals surface area contributed by atoms with Crippen molar-refractivity contribution in [1.82, 2.24) is 14.9 Å². The molecule has 1 N–H and O–H groups in total. The second-order valence-corrected chi connectivity index (χ2v) is 8.33. The van der Waals surface area contributed by atoms with Crippen molar-refractivity contribution in [1.29, 1.82) is 0 Å². The van der Waals surface area contributed by atoms with Gasteiger partial charge in [-0.05, 0) is 75.7 Å². The fraction of sp³-hybridized carbons (Fsp3) is 0.833. The van der Waals surface area contributed by atoms with Gasteiger partial charge in [0.25, 0.3) is 0 Å². The Morgan fingerprint density at radius 2 is 1.76 bits per heavy atom. The predicted molar refractivity (Wildman–Crippen MR) is 83.0 cm³/mol. The maximum atomic E-state index is 4.58. The number of hydrogen-bond donors (Lipinski definition) is 1. The van der Waals surface area contributed by atoms with Crippen LogP contribution in [0.4, 0.5) is 0 Å². The molecule has 1 aliphatic heterocycles. The maximum absolute atomic E-state index is 4.58. The monoisotopic (exact) mass is 285 g/mol. The first-order chi connectivity index (χ1) is 10.3. The summed E-state index contributed by atoms with van der Waals surface area (Å²) in [4.78, 5) is 4.58. The highest BCUT2D eigenvalue weighted by Crippen LogP contribution is 2.59. The minimum atomic E-state index is 0.430. The van der Waals surface area contributed by atoms with Crippen LogP contribution in [0, 0.1) is 17.8 Å². The van der Waals surface area contributed by atoms with Gasteiger partial charge in [-0.15, -0.1) is 0 Å². The third-order valence-electron chi connectivity index (χ3n) is 6.85. The van der Waals surface area contributed by atoms with Crippen molar-refractivity contribution < 1.29 is 0 Å². The van der Waals surface area contributed by atoms with E-state index in [0.29, 0.717) is 11.6 Å². The van der Waals surface area contributed by atoms with Gasteiger partial charge in [-0.2, -0.15) is 0 Å². The minimum Gasteiger partial charge on any atom is -0.327 e. The van der Waals surface area contributed by atoms with Crippen LogP contribution in [0.1, 0.15) is 69.5 Å². The summed E-state index contributed by atoms with van der Waals surface area (Å²) in [5.41, 5.74) is 1.91. The number of piperidine rings is 1. The standard InChI is InChI=1S/C18H27N3/c1-2-4-20-16(3-1)17-11-19-12-21(17)18-8-13-5-14(9-18)7-15(6-13)10-18/h11-16,20H,1-10H2. The highest BCUT2D eigenvalue weighted by atomic mass is 15.2. The zero-order valence-electron chi connectivity index (χ0n) is 12.9. The van der Waals surface area contributed by atoms with Gasteiger partial charge in [-0.3, -0.25) is 0 Å². The molecule has 21 heavy (non-hydrogen) atoms. The molecular formula is C18H27N3. The lowest BCUT2D eigenvalue weighted by molar-refractivity contribution is -0.0451. The highest BCUT2D eigenvalue weighted by molar-refractivity contribution is 5.15. The molecule has 4 bridgehead atoms. The topological polar surface area (TPSA) is 29.9 Å². The van der Waals surface area contributed by atoms with E-state index >= 15 is 0 Å². The van der Waals surface area contributed by atoms with Gasteiger partial charge in [0.2, 0.25) is 0 Å². The van der Waals surface area contributed by atoms with E-state index in [1.807, 2.05) is 0 Å². The molecule has 1 unspecified atom stereocenters. The molecule has 4 saturated carbocycles. The third-order valence-corrected chi connectivity index (χ3v) is 6.85. The Bertz CT molecular complexity index is 491. The second-order valence-electron chi connectivity index (χ2n) is 8.33. The summed E-state index contributed by atoms with van der Waals surface area (Å²) in [5.74, 6) is 3.02. The van der Waals surface area contributed by atoms with Gasteiger partial charge in [0, 0.05) is 17.8 Å². The number of imidazole rings is 1. The average molecular weight is 285 g/mol. The van der Waals surface area contributed by atoms with E-state index in [1.54, 1.807) is 0 Å². The van der Waals surface area contributed by atoms with E-state index in [-0.39, 0.29) is 0 Å². The van der Waals surface area contributed by atoms with Gasteiger partial charge >= 0.3 is 0 Å². The molecule has 2 heterocycles. The summed E-state index contributed by atoms with van der Waals surface area (Å²) in [7, 11) is 0. The van der Waals surface area contributed by atoms with E-state index < -0.39 is 0 Å². The number of rotatable bonds is 2. The summed E-state index contributed by atoms with van der Waals surface area (Å²) >= 11 is 0. The Morgan fingerprint density at radius 1 is 1.05 bits per heavy atom. The average Bonchev–Trinajstić information content (AvgIpc) is 2.97. The third kappa shape index (κ3) is 1.93. The molecule has 5 aliphatic rings. The fourth-order valence-electron chi connectivity index (χ4n) is 6.42. The van der Waals surface area contributed by atoms with Crippen LogP contribution >= 0.6 is 0 Å². The van der Waals surface area contributed by atoms with Crippen molar-refractivity contribution in [2.45, 2.75) is 69.4 Å². The summed E-state index contributed by atoms with van der Waals surface area (Å²) in [5, 5.41) is 3.73. The van der Waals surface area contributed by atoms with Gasteiger partial charge in [-0.25, -0.2) is 4.98 Å². The van der Waals surface area contributed by atoms with Crippen LogP contribution in [0.15, 0.2) is 12.5 Å². The molecule has 3 heteroatoms. The molecule has 5 fully saturated rings. The number of nitrogens with one attached hydrogen (secondary N) is 1. The molecule has 0 aromatic carbocycles. The molecule has 114 valence electrons. The predicted octanol–water partition coefficient (Wildman–Crippen LogP) is 3.62. The molecule has 0 radical (unpaired) electrons. The molecule has 4 aliphatic carbocycles. The van der Waals surface area contributed by atoms with E-state index in [4.69, 9.17) is 0 Å². The number of aromatic nitrogens is 2. The minimum absolute atomic E-state index is 0.430. The van der Waals surface area contributed by atoms with Crippen molar-refractivity contribution in [3.8, 4) is 0 Å². The quantitative estimate of drug-likeness (QED) is 0.899. The first kappa shape index (κ1) is 12.7. The highest BCUT2D eigenvalue weighted by Gasteiger charge is 2.52. The van der Waals surface area contributed by atoms with Crippen LogP contribution in [0.5, 0.6) is 0 Å². The van der Waals surface area contributed by atoms with Crippen LogP contribution in [0.3, 0.4) is 0 Å². The normalized spacial score (nSPS) is 45.1. The first-order valence-corrected chi connectivity index (χ1v) is 9.08. The molecular weight excluding hydrogens is 258 g/mol. The Balaban J connectivity index is 1.51. The number of nitrogens with zero attached hydrogens (tertiary/aromatic N) is 2. The summed E-state index contributed by atoms with van der Waals surface area (Å²) in [6, 6.07) is 0.550. The summed E-state index contributed by atoms with van der Waals surface area (Å²) in [6.07, 6.45) is 17.1. The Hall–Kier alpha value is -0.830. The van der Waals surface area contributed by atoms with Crippen LogP contribution in [0.2, 0.25) is 0 Å². The lowest BCUT2D eigenvalue weighted by Crippen LogP contribution is -2.52. The van der Waals surface area contributed by atoms with Gasteiger partial charge < -0.3 is 9.88 Å². The van der Waals surface area contributed by atoms with E-state index in [2.05, 4.69) is 27.4 Å². The number of hydrogen-bond acceptors (Lipinski definition) is 2. The Labute approximate surface area is 127 Å². The smallest absolute Gasteiger partial charge is 0.0953 e. The van der Waals surface area contributed by atoms with Crippen molar-refractivity contribution in [2.24, 2.45) is 17.8 Å². The molecule has 0 spiro atoms. The zero-order chi connectivity index (χ0) is 13.9. The van der Waals surface area contributed by atoms with E-state index in [0.717, 1.165) is 17.8 Å². The molecule has 6 rings (SSSR count). The second kappa shape index (κ2) is 4.58. The van der Waals surface area contributed by atoms with Crippen LogP contribution < -0.4 is 5.32 Å². The molecule has 1 atom stereocenters. The van der Waals surface area contributed by atoms with Crippen molar-refractivity contribution in [2.75, 3.05) is 6.54 Å². The van der Waals surface area contributed by atoms with Gasteiger partial charge in [0.15, 0.2) is 0 Å². The lowest BCUT2D eigenvalue weighted by atomic mass is 9.53. The fourth-order valence-corrected chi connectivity index (χ4v) is 6.42. The van der Waals surface area contributed by atoms with Crippen molar-refractivity contribution in [3.63, 3.8) is 0 Å². The van der Waals surface area contributed by atoms with Crippen LogP contribution in [-0.2, 0) is 5.54 Å². The zero-order valence-corrected chi connectivity index (χ0v) is 12.9. The van der Waals surface area contributed by atoms with Crippen LogP contribution in [0.25, 0.3) is 0 Å². The summed E-state index contributed by atoms with van der Waals surface area (Å²) < 4.78 is 2.64. The van der Waals surface area contributed by atoms with E-state index in [1.165, 1.54) is 70.0 Å². The maximum Gasteiger partial charge on any atom is 0.0953 e. The van der Waals surface area contributed by atoms with Gasteiger partial charge in [0.1, 0.15) is 0 Å². The van der Waals surface area contributed by atoms with Crippen molar-refractivity contribution >= 4 is 0 Å². The van der Waals surface area contributed by atoms with Gasteiger partial charge in [-0.1, -0.05) is 6.42 Å². The summed E-state index contributed by atoms with van der Waals surface area (Å²) in [6.45, 7) is 1.18.